The van der Waals surface area contributed by atoms with E-state index in [-0.39, 0.29) is 11.6 Å². The molecule has 96 valence electrons. The van der Waals surface area contributed by atoms with Gasteiger partial charge in [0, 0.05) is 21.1 Å². The molecule has 2 aromatic carbocycles. The lowest BCUT2D eigenvalue weighted by molar-refractivity contribution is 0.103. The second-order valence-corrected chi connectivity index (χ2v) is 5.54. The Hall–Kier alpha value is -1.43. The molecule has 0 atom stereocenters. The van der Waals surface area contributed by atoms with Crippen LogP contribution in [0.15, 0.2) is 36.4 Å². The molecule has 0 amide bonds. The van der Waals surface area contributed by atoms with Crippen molar-refractivity contribution in [1.29, 1.82) is 0 Å². The molecule has 0 saturated carbocycles. The lowest BCUT2D eigenvalue weighted by Crippen LogP contribution is -2.04. The zero-order valence-corrected chi connectivity index (χ0v) is 12.1. The van der Waals surface area contributed by atoms with E-state index in [9.17, 15) is 9.18 Å². The number of fused-ring (bicyclic) bond motifs is 1. The van der Waals surface area contributed by atoms with E-state index in [1.54, 1.807) is 6.07 Å². The van der Waals surface area contributed by atoms with Crippen LogP contribution < -0.4 is 4.74 Å². The molecule has 2 aromatic rings. The Morgan fingerprint density at radius 1 is 1.21 bits per heavy atom. The van der Waals surface area contributed by atoms with Gasteiger partial charge >= 0.3 is 0 Å². The summed E-state index contributed by atoms with van der Waals surface area (Å²) in [5.74, 6) is 0.438. The van der Waals surface area contributed by atoms with Gasteiger partial charge < -0.3 is 4.74 Å². The van der Waals surface area contributed by atoms with E-state index in [1.807, 2.05) is 34.7 Å². The summed E-state index contributed by atoms with van der Waals surface area (Å²) in [4.78, 5) is 12.4. The Morgan fingerprint density at radius 2 is 2.05 bits per heavy atom. The quantitative estimate of drug-likeness (QED) is 0.598. The molecular formula is C15H10FIO2. The van der Waals surface area contributed by atoms with Gasteiger partial charge in [0.2, 0.25) is 0 Å². The SMILES string of the molecule is O=C(c1ccc2c(c1)CCO2)c1ccc(F)cc1I. The van der Waals surface area contributed by atoms with Gasteiger partial charge in [-0.25, -0.2) is 4.39 Å². The topological polar surface area (TPSA) is 26.3 Å². The van der Waals surface area contributed by atoms with Crippen LogP contribution in [0.2, 0.25) is 0 Å². The molecule has 0 bridgehead atoms. The third-order valence-corrected chi connectivity index (χ3v) is 4.02. The van der Waals surface area contributed by atoms with Crippen molar-refractivity contribution in [3.05, 3.63) is 62.5 Å². The Kier molecular flexibility index (Phi) is 3.26. The third kappa shape index (κ3) is 2.36. The smallest absolute Gasteiger partial charge is 0.194 e. The summed E-state index contributed by atoms with van der Waals surface area (Å²) in [6, 6.07) is 9.65. The Bertz CT molecular complexity index is 667. The standard InChI is InChI=1S/C15H10FIO2/c16-11-2-3-12(13(17)8-11)15(18)10-1-4-14-9(7-10)5-6-19-14/h1-4,7-8H,5-6H2. The van der Waals surface area contributed by atoms with Crippen molar-refractivity contribution in [2.24, 2.45) is 0 Å². The first-order valence-electron chi connectivity index (χ1n) is 5.90. The van der Waals surface area contributed by atoms with Crippen LogP contribution in [0.5, 0.6) is 5.75 Å². The van der Waals surface area contributed by atoms with Gasteiger partial charge in [0.05, 0.1) is 6.61 Å². The summed E-state index contributed by atoms with van der Waals surface area (Å²) >= 11 is 1.98. The predicted molar refractivity (Wildman–Crippen MR) is 78.2 cm³/mol. The van der Waals surface area contributed by atoms with Gasteiger partial charge in [-0.15, -0.1) is 0 Å². The molecule has 4 heteroatoms. The summed E-state index contributed by atoms with van der Waals surface area (Å²) in [7, 11) is 0. The highest BCUT2D eigenvalue weighted by Gasteiger charge is 2.17. The maximum absolute atomic E-state index is 13.1. The Balaban J connectivity index is 2.00. The van der Waals surface area contributed by atoms with Gasteiger partial charge in [-0.2, -0.15) is 0 Å². The molecule has 3 rings (SSSR count). The number of ketones is 1. The van der Waals surface area contributed by atoms with E-state index in [2.05, 4.69) is 0 Å². The van der Waals surface area contributed by atoms with Crippen molar-refractivity contribution in [1.82, 2.24) is 0 Å². The molecule has 0 unspecified atom stereocenters. The number of halogens is 2. The van der Waals surface area contributed by atoms with Crippen molar-refractivity contribution >= 4 is 28.4 Å². The number of ether oxygens (including phenoxy) is 1. The van der Waals surface area contributed by atoms with Gasteiger partial charge in [0.15, 0.2) is 5.78 Å². The van der Waals surface area contributed by atoms with Crippen LogP contribution >= 0.6 is 22.6 Å². The van der Waals surface area contributed by atoms with Crippen LogP contribution in [-0.2, 0) is 6.42 Å². The van der Waals surface area contributed by atoms with E-state index < -0.39 is 0 Å². The van der Waals surface area contributed by atoms with Crippen molar-refractivity contribution in [2.45, 2.75) is 6.42 Å². The second kappa shape index (κ2) is 4.92. The van der Waals surface area contributed by atoms with Crippen molar-refractivity contribution in [2.75, 3.05) is 6.61 Å². The average molecular weight is 368 g/mol. The highest BCUT2D eigenvalue weighted by atomic mass is 127. The fraction of sp³-hybridized carbons (Fsp3) is 0.133. The highest BCUT2D eigenvalue weighted by Crippen LogP contribution is 2.27. The molecule has 0 N–H and O–H groups in total. The minimum Gasteiger partial charge on any atom is -0.493 e. The number of carbonyl (C=O) groups excluding carboxylic acids is 1. The Morgan fingerprint density at radius 3 is 2.84 bits per heavy atom. The maximum atomic E-state index is 13.1. The average Bonchev–Trinajstić information content (AvgIpc) is 2.85. The molecule has 0 spiro atoms. The summed E-state index contributed by atoms with van der Waals surface area (Å²) in [6.45, 7) is 0.668. The first-order chi connectivity index (χ1) is 9.15. The zero-order chi connectivity index (χ0) is 13.4. The molecule has 0 aromatic heterocycles. The van der Waals surface area contributed by atoms with Gasteiger partial charge in [-0.3, -0.25) is 4.79 Å². The van der Waals surface area contributed by atoms with Crippen LogP contribution in [0.25, 0.3) is 0 Å². The van der Waals surface area contributed by atoms with Crippen LogP contribution in [0.4, 0.5) is 4.39 Å². The number of hydrogen-bond donors (Lipinski definition) is 0. The van der Waals surface area contributed by atoms with E-state index in [0.29, 0.717) is 21.3 Å². The third-order valence-electron chi connectivity index (χ3n) is 3.13. The van der Waals surface area contributed by atoms with Gasteiger partial charge in [0.25, 0.3) is 0 Å². The maximum Gasteiger partial charge on any atom is 0.194 e. The highest BCUT2D eigenvalue weighted by molar-refractivity contribution is 14.1. The van der Waals surface area contributed by atoms with E-state index >= 15 is 0 Å². The number of benzene rings is 2. The van der Waals surface area contributed by atoms with E-state index in [0.717, 1.165) is 17.7 Å². The van der Waals surface area contributed by atoms with Gasteiger partial charge in [-0.05, 0) is 64.6 Å². The van der Waals surface area contributed by atoms with Crippen molar-refractivity contribution in [3.8, 4) is 5.75 Å². The minimum atomic E-state index is -0.330. The Labute approximate surface area is 123 Å². The monoisotopic (exact) mass is 368 g/mol. The molecule has 1 heterocycles. The first kappa shape index (κ1) is 12.6. The van der Waals surface area contributed by atoms with Gasteiger partial charge in [-0.1, -0.05) is 0 Å². The fourth-order valence-corrected chi connectivity index (χ4v) is 2.88. The first-order valence-corrected chi connectivity index (χ1v) is 6.98. The zero-order valence-electron chi connectivity index (χ0n) is 9.95. The second-order valence-electron chi connectivity index (χ2n) is 4.37. The summed E-state index contributed by atoms with van der Waals surface area (Å²) in [5, 5.41) is 0. The lowest BCUT2D eigenvalue weighted by Gasteiger charge is -2.06. The minimum absolute atomic E-state index is 0.0842. The molecule has 0 radical (unpaired) electrons. The molecule has 0 saturated heterocycles. The summed E-state index contributed by atoms with van der Waals surface area (Å²) in [5.41, 5.74) is 2.21. The number of carbonyl (C=O) groups is 1. The normalized spacial score (nSPS) is 12.9. The van der Waals surface area contributed by atoms with Crippen LogP contribution in [-0.4, -0.2) is 12.4 Å². The van der Waals surface area contributed by atoms with Crippen LogP contribution in [0, 0.1) is 9.39 Å². The molecule has 0 fully saturated rings. The largest absolute Gasteiger partial charge is 0.493 e. The fourth-order valence-electron chi connectivity index (χ4n) is 2.16. The van der Waals surface area contributed by atoms with Crippen molar-refractivity contribution in [3.63, 3.8) is 0 Å². The van der Waals surface area contributed by atoms with Gasteiger partial charge in [0.1, 0.15) is 11.6 Å². The number of hydrogen-bond acceptors (Lipinski definition) is 2. The molecule has 0 aliphatic carbocycles. The van der Waals surface area contributed by atoms with Crippen molar-refractivity contribution < 1.29 is 13.9 Å². The molecule has 19 heavy (non-hydrogen) atoms. The summed E-state index contributed by atoms with van der Waals surface area (Å²) < 4.78 is 19.1. The molecular weight excluding hydrogens is 358 g/mol. The summed E-state index contributed by atoms with van der Waals surface area (Å²) in [6.07, 6.45) is 0.830. The van der Waals surface area contributed by atoms with Crippen LogP contribution in [0.1, 0.15) is 21.5 Å². The predicted octanol–water partition coefficient (Wildman–Crippen LogP) is 3.60. The molecule has 1 aliphatic heterocycles. The van der Waals surface area contributed by atoms with Crippen LogP contribution in [0.3, 0.4) is 0 Å². The van der Waals surface area contributed by atoms with E-state index in [1.165, 1.54) is 18.2 Å². The molecule has 2 nitrogen and oxygen atoms in total. The lowest BCUT2D eigenvalue weighted by atomic mass is 10.0. The molecule has 1 aliphatic rings. The number of rotatable bonds is 2. The van der Waals surface area contributed by atoms with E-state index in [4.69, 9.17) is 4.74 Å².